The fourth-order valence-corrected chi connectivity index (χ4v) is 4.10. The number of hydrogen-bond donors (Lipinski definition) is 2. The number of aromatic amines is 1. The Hall–Kier alpha value is -1.72. The van der Waals surface area contributed by atoms with Gasteiger partial charge in [0.1, 0.15) is 5.75 Å². The van der Waals surface area contributed by atoms with Crippen LogP contribution in [0.3, 0.4) is 0 Å². The van der Waals surface area contributed by atoms with Crippen LogP contribution in [0, 0.1) is 5.41 Å². The molecule has 0 unspecified atom stereocenters. The molecule has 0 spiro atoms. The maximum absolute atomic E-state index is 12.7. The number of methoxy groups -OCH3 is 1. The highest BCUT2D eigenvalue weighted by molar-refractivity contribution is 6.31. The number of esters is 1. The van der Waals surface area contributed by atoms with Crippen molar-refractivity contribution in [3.05, 3.63) is 28.9 Å². The first-order valence-corrected chi connectivity index (χ1v) is 9.18. The lowest BCUT2D eigenvalue weighted by Crippen LogP contribution is -2.33. The van der Waals surface area contributed by atoms with E-state index in [9.17, 15) is 4.79 Å². The Balaban J connectivity index is 1.80. The molecule has 1 saturated carbocycles. The van der Waals surface area contributed by atoms with Crippen LogP contribution in [0.25, 0.3) is 10.9 Å². The second-order valence-electron chi connectivity index (χ2n) is 6.91. The molecule has 1 aliphatic rings. The van der Waals surface area contributed by atoms with E-state index in [1.54, 1.807) is 25.4 Å². The molecule has 1 aromatic carbocycles. The zero-order valence-corrected chi connectivity index (χ0v) is 15.3. The maximum atomic E-state index is 12.7. The van der Waals surface area contributed by atoms with Crippen LogP contribution in [0.15, 0.2) is 18.3 Å². The van der Waals surface area contributed by atoms with Gasteiger partial charge in [-0.1, -0.05) is 30.9 Å². The number of ether oxygens (including phenoxy) is 2. The summed E-state index contributed by atoms with van der Waals surface area (Å²) in [7, 11) is 1.56. The predicted octanol–water partition coefficient (Wildman–Crippen LogP) is 4.29. The van der Waals surface area contributed by atoms with Crippen LogP contribution in [0.2, 0.25) is 5.02 Å². The van der Waals surface area contributed by atoms with E-state index < -0.39 is 0 Å². The van der Waals surface area contributed by atoms with Crippen molar-refractivity contribution in [3.63, 3.8) is 0 Å². The third kappa shape index (κ3) is 3.77. The van der Waals surface area contributed by atoms with Gasteiger partial charge in [0, 0.05) is 16.6 Å². The lowest BCUT2D eigenvalue weighted by Gasteiger charge is -2.36. The summed E-state index contributed by atoms with van der Waals surface area (Å²) in [4.78, 5) is 15.8. The van der Waals surface area contributed by atoms with Crippen molar-refractivity contribution in [1.82, 2.24) is 4.98 Å². The van der Waals surface area contributed by atoms with E-state index in [-0.39, 0.29) is 11.4 Å². The molecule has 0 bridgehead atoms. The number of halogens is 1. The van der Waals surface area contributed by atoms with Crippen molar-refractivity contribution in [2.24, 2.45) is 11.1 Å². The number of carbonyl (C=O) groups is 1. The number of rotatable bonds is 6. The average Bonchev–Trinajstić information content (AvgIpc) is 3.04. The molecule has 25 heavy (non-hydrogen) atoms. The van der Waals surface area contributed by atoms with E-state index >= 15 is 0 Å². The van der Waals surface area contributed by atoms with E-state index in [0.717, 1.165) is 24.8 Å². The summed E-state index contributed by atoms with van der Waals surface area (Å²) in [5.41, 5.74) is 7.06. The van der Waals surface area contributed by atoms with Crippen LogP contribution >= 0.6 is 11.6 Å². The quantitative estimate of drug-likeness (QED) is 0.750. The molecule has 5 nitrogen and oxygen atoms in total. The molecular weight excluding hydrogens is 340 g/mol. The van der Waals surface area contributed by atoms with Crippen LogP contribution in [-0.4, -0.2) is 31.2 Å². The van der Waals surface area contributed by atoms with Crippen LogP contribution in [0.5, 0.6) is 5.75 Å². The molecule has 1 aromatic heterocycles. The summed E-state index contributed by atoms with van der Waals surface area (Å²) < 4.78 is 11.1. The lowest BCUT2D eigenvalue weighted by molar-refractivity contribution is 0.0155. The second kappa shape index (κ2) is 7.67. The van der Waals surface area contributed by atoms with Crippen molar-refractivity contribution >= 4 is 28.5 Å². The third-order valence-electron chi connectivity index (χ3n) is 5.25. The standard InChI is InChI=1S/C19H25ClN2O3/c1-24-16-10-13(20)9-15-17(16)14(11-22-15)18(23)25-12-19(7-8-21)5-3-2-4-6-19/h9-11,22H,2-8,12,21H2,1H3. The third-order valence-corrected chi connectivity index (χ3v) is 5.46. The Morgan fingerprint density at radius 3 is 2.76 bits per heavy atom. The summed E-state index contributed by atoms with van der Waals surface area (Å²) in [5, 5.41) is 1.25. The Morgan fingerprint density at radius 1 is 1.32 bits per heavy atom. The molecule has 0 amide bonds. The normalized spacial score (nSPS) is 16.8. The van der Waals surface area contributed by atoms with Crippen LogP contribution in [0.1, 0.15) is 48.9 Å². The minimum absolute atomic E-state index is 0.0299. The molecule has 1 heterocycles. The number of aromatic nitrogens is 1. The molecular formula is C19H25ClN2O3. The van der Waals surface area contributed by atoms with Crippen LogP contribution in [0.4, 0.5) is 0 Å². The van der Waals surface area contributed by atoms with Crippen molar-refractivity contribution in [2.45, 2.75) is 38.5 Å². The highest BCUT2D eigenvalue weighted by Gasteiger charge is 2.33. The Labute approximate surface area is 152 Å². The summed E-state index contributed by atoms with van der Waals surface area (Å²) >= 11 is 6.08. The van der Waals surface area contributed by atoms with Crippen molar-refractivity contribution < 1.29 is 14.3 Å². The first-order valence-electron chi connectivity index (χ1n) is 8.80. The number of nitrogens with two attached hydrogens (primary N) is 1. The van der Waals surface area contributed by atoms with E-state index in [1.165, 1.54) is 19.3 Å². The minimum atomic E-state index is -0.339. The number of fused-ring (bicyclic) bond motifs is 1. The van der Waals surface area contributed by atoms with E-state index in [0.29, 0.717) is 34.9 Å². The summed E-state index contributed by atoms with van der Waals surface area (Å²) in [6, 6.07) is 3.47. The molecule has 3 rings (SSSR count). The highest BCUT2D eigenvalue weighted by atomic mass is 35.5. The number of benzene rings is 1. The van der Waals surface area contributed by atoms with Gasteiger partial charge in [-0.25, -0.2) is 4.79 Å². The molecule has 1 aliphatic carbocycles. The van der Waals surface area contributed by atoms with Gasteiger partial charge >= 0.3 is 5.97 Å². The van der Waals surface area contributed by atoms with E-state index in [2.05, 4.69) is 4.98 Å². The first kappa shape index (κ1) is 18.1. The van der Waals surface area contributed by atoms with Crippen LogP contribution < -0.4 is 10.5 Å². The zero-order chi connectivity index (χ0) is 17.9. The fraction of sp³-hybridized carbons (Fsp3) is 0.526. The van der Waals surface area contributed by atoms with Gasteiger partial charge in [-0.05, 0) is 37.9 Å². The van der Waals surface area contributed by atoms with Crippen molar-refractivity contribution in [3.8, 4) is 5.75 Å². The van der Waals surface area contributed by atoms with Crippen LogP contribution in [-0.2, 0) is 4.74 Å². The van der Waals surface area contributed by atoms with Gasteiger partial charge in [0.05, 0.1) is 30.2 Å². The van der Waals surface area contributed by atoms with E-state index in [1.807, 2.05) is 0 Å². The molecule has 2 aromatic rings. The van der Waals surface area contributed by atoms with Gasteiger partial charge in [-0.2, -0.15) is 0 Å². The molecule has 0 saturated heterocycles. The van der Waals surface area contributed by atoms with Crippen molar-refractivity contribution in [1.29, 1.82) is 0 Å². The Morgan fingerprint density at radius 2 is 2.08 bits per heavy atom. The summed E-state index contributed by atoms with van der Waals surface area (Å²) in [6.07, 6.45) is 8.30. The molecule has 1 fully saturated rings. The van der Waals surface area contributed by atoms with E-state index in [4.69, 9.17) is 26.8 Å². The minimum Gasteiger partial charge on any atom is -0.496 e. The zero-order valence-electron chi connectivity index (χ0n) is 14.6. The Kier molecular flexibility index (Phi) is 5.54. The largest absolute Gasteiger partial charge is 0.496 e. The topological polar surface area (TPSA) is 77.3 Å². The summed E-state index contributed by atoms with van der Waals surface area (Å²) in [5.74, 6) is 0.221. The highest BCUT2D eigenvalue weighted by Crippen LogP contribution is 2.40. The lowest BCUT2D eigenvalue weighted by atomic mass is 9.72. The second-order valence-corrected chi connectivity index (χ2v) is 7.34. The SMILES string of the molecule is COc1cc(Cl)cc2[nH]cc(C(=O)OCC3(CCN)CCCCC3)c12. The fourth-order valence-electron chi connectivity index (χ4n) is 3.89. The monoisotopic (exact) mass is 364 g/mol. The predicted molar refractivity (Wildman–Crippen MR) is 99.3 cm³/mol. The van der Waals surface area contributed by atoms with Crippen molar-refractivity contribution in [2.75, 3.05) is 20.3 Å². The molecule has 136 valence electrons. The van der Waals surface area contributed by atoms with Gasteiger partial charge in [0.15, 0.2) is 0 Å². The van der Waals surface area contributed by atoms with Gasteiger partial charge < -0.3 is 20.2 Å². The molecule has 0 radical (unpaired) electrons. The number of H-pyrrole nitrogens is 1. The first-order chi connectivity index (χ1) is 12.1. The molecule has 6 heteroatoms. The molecule has 3 N–H and O–H groups in total. The smallest absolute Gasteiger partial charge is 0.340 e. The van der Waals surface area contributed by atoms with Gasteiger partial charge in [-0.15, -0.1) is 0 Å². The number of nitrogens with one attached hydrogen (secondary N) is 1. The maximum Gasteiger partial charge on any atom is 0.340 e. The average molecular weight is 365 g/mol. The van der Waals surface area contributed by atoms with Gasteiger partial charge in [0.2, 0.25) is 0 Å². The molecule has 0 aliphatic heterocycles. The Bertz CT molecular complexity index is 745. The number of carbonyl (C=O) groups excluding carboxylic acids is 1. The van der Waals surface area contributed by atoms with Gasteiger partial charge in [0.25, 0.3) is 0 Å². The summed E-state index contributed by atoms with van der Waals surface area (Å²) in [6.45, 7) is 1.04. The number of hydrogen-bond acceptors (Lipinski definition) is 4. The molecule has 0 atom stereocenters. The van der Waals surface area contributed by atoms with Gasteiger partial charge in [-0.3, -0.25) is 0 Å².